The van der Waals surface area contributed by atoms with Gasteiger partial charge in [0.2, 0.25) is 0 Å². The van der Waals surface area contributed by atoms with Crippen LogP contribution in [0.4, 0.5) is 32.2 Å². The Morgan fingerprint density at radius 3 is 2.33 bits per heavy atom. The van der Waals surface area contributed by atoms with Gasteiger partial charge in [-0.1, -0.05) is 12.1 Å². The molecule has 6 nitrogen and oxygen atoms in total. The van der Waals surface area contributed by atoms with E-state index < -0.39 is 29.8 Å². The van der Waals surface area contributed by atoms with E-state index in [2.05, 4.69) is 20.4 Å². The predicted molar refractivity (Wildman–Crippen MR) is 96.9 cm³/mol. The number of halogens is 6. The van der Waals surface area contributed by atoms with Gasteiger partial charge in [0, 0.05) is 18.3 Å². The maximum absolute atomic E-state index is 13.1. The van der Waals surface area contributed by atoms with Crippen LogP contribution in [0.3, 0.4) is 0 Å². The summed E-state index contributed by atoms with van der Waals surface area (Å²) in [5, 5.41) is 6.42. The number of aromatic nitrogens is 4. The number of nitrogens with zero attached hydrogens (tertiary/aromatic N) is 5. The van der Waals surface area contributed by atoms with Gasteiger partial charge in [0.15, 0.2) is 0 Å². The maximum Gasteiger partial charge on any atom is 0.453 e. The molecular formula is C18H18F6N6. The van der Waals surface area contributed by atoms with Crippen LogP contribution in [0, 0.1) is 6.92 Å². The molecule has 3 aromatic rings. The van der Waals surface area contributed by atoms with Crippen molar-refractivity contribution in [1.82, 2.24) is 24.5 Å². The fraction of sp³-hybridized carbons (Fsp3) is 0.389. The SMILES string of the molecule is Cc1cc(NCC(c2cccc(C(F)(F)F)c2)N(C)C)n2nc(C(F)(F)F)nc2n1. The Balaban J connectivity index is 1.92. The lowest BCUT2D eigenvalue weighted by atomic mass is 10.0. The molecule has 0 aliphatic heterocycles. The van der Waals surface area contributed by atoms with E-state index in [1.807, 2.05) is 0 Å². The van der Waals surface area contributed by atoms with Gasteiger partial charge >= 0.3 is 12.4 Å². The number of anilines is 1. The second kappa shape index (κ2) is 7.74. The van der Waals surface area contributed by atoms with Crippen molar-refractivity contribution in [3.63, 3.8) is 0 Å². The molecule has 0 amide bonds. The average molecular weight is 432 g/mol. The topological polar surface area (TPSA) is 58.4 Å². The smallest absolute Gasteiger partial charge is 0.368 e. The van der Waals surface area contributed by atoms with Crippen molar-refractivity contribution in [3.8, 4) is 0 Å². The molecule has 2 heterocycles. The summed E-state index contributed by atoms with van der Waals surface area (Å²) < 4.78 is 78.9. The number of fused-ring (bicyclic) bond motifs is 1. The zero-order valence-electron chi connectivity index (χ0n) is 16.2. The molecular weight excluding hydrogens is 414 g/mol. The van der Waals surface area contributed by atoms with Crippen molar-refractivity contribution >= 4 is 11.6 Å². The molecule has 0 spiro atoms. The molecule has 0 aliphatic rings. The number of likely N-dealkylation sites (N-methyl/N-ethyl adjacent to an activating group) is 1. The van der Waals surface area contributed by atoms with Crippen molar-refractivity contribution in [2.24, 2.45) is 0 Å². The summed E-state index contributed by atoms with van der Waals surface area (Å²) in [5.41, 5.74) is 0.0330. The Kier molecular flexibility index (Phi) is 5.63. The zero-order valence-corrected chi connectivity index (χ0v) is 16.2. The summed E-state index contributed by atoms with van der Waals surface area (Å²) in [6.45, 7) is 1.69. The van der Waals surface area contributed by atoms with Crippen molar-refractivity contribution in [2.45, 2.75) is 25.3 Å². The van der Waals surface area contributed by atoms with Crippen molar-refractivity contribution in [3.05, 3.63) is 53.0 Å². The van der Waals surface area contributed by atoms with Crippen LogP contribution in [0.25, 0.3) is 5.78 Å². The third-order valence-electron chi connectivity index (χ3n) is 4.39. The summed E-state index contributed by atoms with van der Waals surface area (Å²) in [6, 6.07) is 5.90. The van der Waals surface area contributed by atoms with Gasteiger partial charge in [0.1, 0.15) is 5.82 Å². The molecule has 1 unspecified atom stereocenters. The number of benzene rings is 1. The Morgan fingerprint density at radius 2 is 1.73 bits per heavy atom. The van der Waals surface area contributed by atoms with Crippen molar-refractivity contribution < 1.29 is 26.3 Å². The highest BCUT2D eigenvalue weighted by Gasteiger charge is 2.37. The lowest BCUT2D eigenvalue weighted by molar-refractivity contribution is -0.144. The van der Waals surface area contributed by atoms with Crippen molar-refractivity contribution in [1.29, 1.82) is 0 Å². The van der Waals surface area contributed by atoms with E-state index in [0.29, 0.717) is 11.3 Å². The molecule has 1 N–H and O–H groups in total. The quantitative estimate of drug-likeness (QED) is 0.613. The minimum Gasteiger partial charge on any atom is -0.368 e. The molecule has 0 fully saturated rings. The van der Waals surface area contributed by atoms with Gasteiger partial charge in [-0.05, 0) is 38.7 Å². The summed E-state index contributed by atoms with van der Waals surface area (Å²) in [5.74, 6) is -1.37. The second-order valence-corrected chi connectivity index (χ2v) is 6.91. The monoisotopic (exact) mass is 432 g/mol. The van der Waals surface area contributed by atoms with E-state index >= 15 is 0 Å². The molecule has 12 heteroatoms. The molecule has 0 saturated heterocycles. The van der Waals surface area contributed by atoms with E-state index in [1.165, 1.54) is 12.1 Å². The summed E-state index contributed by atoms with van der Waals surface area (Å²) in [6.07, 6.45) is -9.22. The molecule has 0 bridgehead atoms. The standard InChI is InChI=1S/C18H18F6N6/c1-10-7-14(30-16(26-10)27-15(28-30)18(22,23)24)25-9-13(29(2)3)11-5-4-6-12(8-11)17(19,20)21/h4-8,13,25H,9H2,1-3H3. The van der Waals surface area contributed by atoms with E-state index in [-0.39, 0.29) is 18.1 Å². The molecule has 162 valence electrons. The first-order valence-electron chi connectivity index (χ1n) is 8.75. The molecule has 1 atom stereocenters. The normalized spacial score (nSPS) is 13.8. The second-order valence-electron chi connectivity index (χ2n) is 6.91. The predicted octanol–water partition coefficient (Wildman–Crippen LogP) is 4.19. The number of aryl methyl sites for hydroxylation is 1. The average Bonchev–Trinajstić information content (AvgIpc) is 3.05. The third kappa shape index (κ3) is 4.64. The van der Waals surface area contributed by atoms with E-state index in [9.17, 15) is 26.3 Å². The van der Waals surface area contributed by atoms with Crippen LogP contribution >= 0.6 is 0 Å². The summed E-state index contributed by atoms with van der Waals surface area (Å²) in [4.78, 5) is 9.05. The Bertz CT molecular complexity index is 1040. The number of rotatable bonds is 5. The minimum absolute atomic E-state index is 0.105. The molecule has 0 saturated carbocycles. The fourth-order valence-electron chi connectivity index (χ4n) is 2.95. The Labute approximate surface area is 167 Å². The largest absolute Gasteiger partial charge is 0.453 e. The first kappa shape index (κ1) is 21.8. The van der Waals surface area contributed by atoms with Gasteiger partial charge in [-0.2, -0.15) is 35.8 Å². The molecule has 30 heavy (non-hydrogen) atoms. The van der Waals surface area contributed by atoms with Crippen LogP contribution < -0.4 is 5.32 Å². The minimum atomic E-state index is -4.73. The number of hydrogen-bond acceptors (Lipinski definition) is 5. The summed E-state index contributed by atoms with van der Waals surface area (Å²) >= 11 is 0. The Morgan fingerprint density at radius 1 is 1.03 bits per heavy atom. The molecule has 0 radical (unpaired) electrons. The van der Waals surface area contributed by atoms with Crippen LogP contribution in [0.1, 0.15) is 28.7 Å². The highest BCUT2D eigenvalue weighted by atomic mass is 19.4. The zero-order chi connectivity index (χ0) is 22.3. The van der Waals surface area contributed by atoms with Crippen LogP contribution in [0.2, 0.25) is 0 Å². The third-order valence-corrected chi connectivity index (χ3v) is 4.39. The summed E-state index contributed by atoms with van der Waals surface area (Å²) in [7, 11) is 3.38. The van der Waals surface area contributed by atoms with E-state index in [1.54, 1.807) is 32.0 Å². The van der Waals surface area contributed by atoms with Crippen LogP contribution in [0.15, 0.2) is 30.3 Å². The Hall–Kier alpha value is -2.89. The van der Waals surface area contributed by atoms with Gasteiger partial charge in [0.05, 0.1) is 11.6 Å². The maximum atomic E-state index is 13.1. The molecule has 1 aromatic carbocycles. The number of hydrogen-bond donors (Lipinski definition) is 1. The highest BCUT2D eigenvalue weighted by Crippen LogP contribution is 2.32. The lowest BCUT2D eigenvalue weighted by Crippen LogP contribution is -2.27. The van der Waals surface area contributed by atoms with Gasteiger partial charge in [-0.3, -0.25) is 0 Å². The highest BCUT2D eigenvalue weighted by molar-refractivity contribution is 5.46. The first-order chi connectivity index (χ1) is 13.9. The van der Waals surface area contributed by atoms with Crippen LogP contribution in [0.5, 0.6) is 0 Å². The van der Waals surface area contributed by atoms with E-state index in [0.717, 1.165) is 16.6 Å². The van der Waals surface area contributed by atoms with Gasteiger partial charge in [0.25, 0.3) is 11.6 Å². The van der Waals surface area contributed by atoms with Crippen molar-refractivity contribution in [2.75, 3.05) is 26.0 Å². The van der Waals surface area contributed by atoms with Crippen LogP contribution in [-0.2, 0) is 12.4 Å². The van der Waals surface area contributed by atoms with E-state index in [4.69, 9.17) is 0 Å². The molecule has 3 rings (SSSR count). The van der Waals surface area contributed by atoms with Gasteiger partial charge < -0.3 is 10.2 Å². The first-order valence-corrected chi connectivity index (χ1v) is 8.75. The van der Waals surface area contributed by atoms with Gasteiger partial charge in [-0.25, -0.2) is 4.98 Å². The number of alkyl halides is 6. The molecule has 0 aliphatic carbocycles. The van der Waals surface area contributed by atoms with Gasteiger partial charge in [-0.15, -0.1) is 5.10 Å². The van der Waals surface area contributed by atoms with Crippen LogP contribution in [-0.4, -0.2) is 45.1 Å². The lowest BCUT2D eigenvalue weighted by Gasteiger charge is -2.26. The number of nitrogens with one attached hydrogen (secondary N) is 1. The fourth-order valence-corrected chi connectivity index (χ4v) is 2.95. The molecule has 2 aromatic heterocycles.